The standard InChI is InChI=1S/C21H40N2O4/c1-17(15-20(3,4)16-18(2)24)14-19(25)23-11-13-27-21(8-6-7-9-21)26-12-10-22-5/h17,22H,6-16H2,1-5H3,(H,23,25). The molecule has 0 heterocycles. The Morgan fingerprint density at radius 3 is 2.26 bits per heavy atom. The second-order valence-corrected chi connectivity index (χ2v) is 8.82. The van der Waals surface area contributed by atoms with E-state index in [1.54, 1.807) is 6.92 Å². The molecule has 0 radical (unpaired) electrons. The van der Waals surface area contributed by atoms with Crippen molar-refractivity contribution in [2.45, 2.75) is 78.4 Å². The highest BCUT2D eigenvalue weighted by molar-refractivity contribution is 5.76. The Bertz CT molecular complexity index is 459. The number of carbonyl (C=O) groups is 2. The molecule has 6 nitrogen and oxygen atoms in total. The Hall–Kier alpha value is -0.980. The number of hydrogen-bond donors (Lipinski definition) is 2. The van der Waals surface area contributed by atoms with Crippen LogP contribution < -0.4 is 10.6 Å². The van der Waals surface area contributed by atoms with E-state index in [-0.39, 0.29) is 23.0 Å². The summed E-state index contributed by atoms with van der Waals surface area (Å²) in [7, 11) is 1.91. The molecule has 1 rings (SSSR count). The maximum atomic E-state index is 12.2. The molecule has 1 aliphatic carbocycles. The third kappa shape index (κ3) is 10.2. The molecule has 158 valence electrons. The quantitative estimate of drug-likeness (QED) is 0.356. The second-order valence-electron chi connectivity index (χ2n) is 8.82. The Morgan fingerprint density at radius 1 is 1.11 bits per heavy atom. The number of nitrogens with one attached hydrogen (secondary N) is 2. The number of rotatable bonds is 14. The summed E-state index contributed by atoms with van der Waals surface area (Å²) in [5, 5.41) is 6.03. The highest BCUT2D eigenvalue weighted by Crippen LogP contribution is 2.34. The molecule has 2 N–H and O–H groups in total. The van der Waals surface area contributed by atoms with Crippen LogP contribution in [0.2, 0.25) is 0 Å². The smallest absolute Gasteiger partial charge is 0.220 e. The number of carbonyl (C=O) groups excluding carboxylic acids is 2. The lowest BCUT2D eigenvalue weighted by Gasteiger charge is -2.30. The molecule has 1 saturated carbocycles. The second kappa shape index (κ2) is 11.8. The summed E-state index contributed by atoms with van der Waals surface area (Å²) in [6.07, 6.45) is 5.99. The molecule has 6 heteroatoms. The number of hydrogen-bond acceptors (Lipinski definition) is 5. The van der Waals surface area contributed by atoms with Gasteiger partial charge in [0.1, 0.15) is 5.78 Å². The van der Waals surface area contributed by atoms with Crippen LogP contribution in [0.5, 0.6) is 0 Å². The molecule has 1 fully saturated rings. The summed E-state index contributed by atoms with van der Waals surface area (Å²) in [4.78, 5) is 23.5. The van der Waals surface area contributed by atoms with Crippen LogP contribution in [0.15, 0.2) is 0 Å². The van der Waals surface area contributed by atoms with E-state index in [0.717, 1.165) is 38.6 Å². The zero-order chi connectivity index (χ0) is 20.3. The van der Waals surface area contributed by atoms with E-state index in [2.05, 4.69) is 31.4 Å². The summed E-state index contributed by atoms with van der Waals surface area (Å²) >= 11 is 0. The highest BCUT2D eigenvalue weighted by Gasteiger charge is 2.35. The number of ketones is 1. The van der Waals surface area contributed by atoms with E-state index in [0.29, 0.717) is 32.6 Å². The molecule has 0 bridgehead atoms. The van der Waals surface area contributed by atoms with Gasteiger partial charge in [-0.05, 0) is 44.6 Å². The van der Waals surface area contributed by atoms with Gasteiger partial charge in [-0.15, -0.1) is 0 Å². The third-order valence-electron chi connectivity index (χ3n) is 5.03. The van der Waals surface area contributed by atoms with Crippen molar-refractivity contribution in [1.29, 1.82) is 0 Å². The summed E-state index contributed by atoms with van der Waals surface area (Å²) in [5.74, 6) is 0.0187. The summed E-state index contributed by atoms with van der Waals surface area (Å²) in [6.45, 7) is 10.3. The van der Waals surface area contributed by atoms with Crippen molar-refractivity contribution < 1.29 is 19.1 Å². The SMILES string of the molecule is CNCCOC1(OCCNC(=O)CC(C)CC(C)(C)CC(C)=O)CCCC1. The molecule has 1 aliphatic rings. The first kappa shape index (κ1) is 24.1. The molecule has 27 heavy (non-hydrogen) atoms. The Balaban J connectivity index is 2.26. The third-order valence-corrected chi connectivity index (χ3v) is 5.03. The fourth-order valence-corrected chi connectivity index (χ4v) is 4.16. The monoisotopic (exact) mass is 384 g/mol. The lowest BCUT2D eigenvalue weighted by molar-refractivity contribution is -0.230. The fraction of sp³-hybridized carbons (Fsp3) is 0.905. The predicted molar refractivity (Wildman–Crippen MR) is 108 cm³/mol. The van der Waals surface area contributed by atoms with Gasteiger partial charge in [-0.1, -0.05) is 20.8 Å². The molecule has 1 atom stereocenters. The predicted octanol–water partition coefficient (Wildman–Crippen LogP) is 3.05. The van der Waals surface area contributed by atoms with Crippen LogP contribution >= 0.6 is 0 Å². The van der Waals surface area contributed by atoms with Crippen molar-refractivity contribution in [1.82, 2.24) is 10.6 Å². The van der Waals surface area contributed by atoms with E-state index < -0.39 is 5.79 Å². The number of Topliss-reactive ketones (excluding diaryl/α,β-unsaturated/α-hetero) is 1. The van der Waals surface area contributed by atoms with Crippen LogP contribution in [-0.2, 0) is 19.1 Å². The van der Waals surface area contributed by atoms with E-state index in [1.807, 2.05) is 7.05 Å². The Labute approximate surface area is 165 Å². The molecule has 0 aliphatic heterocycles. The van der Waals surface area contributed by atoms with E-state index >= 15 is 0 Å². The molecule has 1 amide bonds. The van der Waals surface area contributed by atoms with Gasteiger partial charge in [0.15, 0.2) is 5.79 Å². The maximum absolute atomic E-state index is 12.2. The topological polar surface area (TPSA) is 76.7 Å². The summed E-state index contributed by atoms with van der Waals surface area (Å²) in [6, 6.07) is 0. The minimum atomic E-state index is -0.467. The van der Waals surface area contributed by atoms with Gasteiger partial charge in [0.2, 0.25) is 5.91 Å². The van der Waals surface area contributed by atoms with Gasteiger partial charge in [0.25, 0.3) is 0 Å². The molecule has 0 aromatic carbocycles. The average Bonchev–Trinajstić information content (AvgIpc) is 2.99. The summed E-state index contributed by atoms with van der Waals surface area (Å²) in [5.41, 5.74) is -0.0613. The molecule has 0 saturated heterocycles. The van der Waals surface area contributed by atoms with Crippen molar-refractivity contribution in [2.75, 3.05) is 33.4 Å². The molecule has 0 spiro atoms. The Morgan fingerprint density at radius 2 is 1.70 bits per heavy atom. The van der Waals surface area contributed by atoms with E-state index in [4.69, 9.17) is 9.47 Å². The number of ether oxygens (including phenoxy) is 2. The van der Waals surface area contributed by atoms with Gasteiger partial charge in [-0.2, -0.15) is 0 Å². The first-order chi connectivity index (χ1) is 12.7. The lowest BCUT2D eigenvalue weighted by atomic mass is 9.78. The van der Waals surface area contributed by atoms with Gasteiger partial charge >= 0.3 is 0 Å². The van der Waals surface area contributed by atoms with E-state index in [9.17, 15) is 9.59 Å². The van der Waals surface area contributed by atoms with Crippen molar-refractivity contribution >= 4 is 11.7 Å². The van der Waals surface area contributed by atoms with Crippen molar-refractivity contribution in [2.24, 2.45) is 11.3 Å². The molecular weight excluding hydrogens is 344 g/mol. The van der Waals surface area contributed by atoms with Crippen LogP contribution in [0, 0.1) is 11.3 Å². The van der Waals surface area contributed by atoms with Crippen LogP contribution in [0.4, 0.5) is 0 Å². The zero-order valence-corrected chi connectivity index (χ0v) is 18.0. The normalized spacial score (nSPS) is 17.7. The van der Waals surface area contributed by atoms with Gasteiger partial charge in [0.05, 0.1) is 13.2 Å². The average molecular weight is 385 g/mol. The molecule has 0 aromatic rings. The fourth-order valence-electron chi connectivity index (χ4n) is 4.16. The van der Waals surface area contributed by atoms with Crippen molar-refractivity contribution in [3.63, 3.8) is 0 Å². The highest BCUT2D eigenvalue weighted by atomic mass is 16.7. The van der Waals surface area contributed by atoms with E-state index in [1.165, 1.54) is 0 Å². The molecule has 0 aromatic heterocycles. The molecular formula is C21H40N2O4. The van der Waals surface area contributed by atoms with Crippen molar-refractivity contribution in [3.05, 3.63) is 0 Å². The number of amides is 1. The minimum Gasteiger partial charge on any atom is -0.354 e. The first-order valence-corrected chi connectivity index (χ1v) is 10.4. The van der Waals surface area contributed by atoms with Gasteiger partial charge in [-0.3, -0.25) is 4.79 Å². The van der Waals surface area contributed by atoms with Gasteiger partial charge in [-0.25, -0.2) is 0 Å². The molecule has 1 unspecified atom stereocenters. The zero-order valence-electron chi connectivity index (χ0n) is 18.0. The van der Waals surface area contributed by atoms with Crippen LogP contribution in [0.1, 0.15) is 72.6 Å². The van der Waals surface area contributed by atoms with Crippen LogP contribution in [-0.4, -0.2) is 50.8 Å². The van der Waals surface area contributed by atoms with Crippen molar-refractivity contribution in [3.8, 4) is 0 Å². The maximum Gasteiger partial charge on any atom is 0.220 e. The summed E-state index contributed by atoms with van der Waals surface area (Å²) < 4.78 is 12.0. The largest absolute Gasteiger partial charge is 0.354 e. The van der Waals surface area contributed by atoms with Gasteiger partial charge in [0, 0.05) is 38.8 Å². The Kier molecular flexibility index (Phi) is 10.5. The van der Waals surface area contributed by atoms with Gasteiger partial charge < -0.3 is 24.9 Å². The van der Waals surface area contributed by atoms with Crippen LogP contribution in [0.25, 0.3) is 0 Å². The first-order valence-electron chi connectivity index (χ1n) is 10.4. The van der Waals surface area contributed by atoms with Crippen LogP contribution in [0.3, 0.4) is 0 Å². The minimum absolute atomic E-state index is 0.0429. The lowest BCUT2D eigenvalue weighted by Crippen LogP contribution is -2.38. The number of likely N-dealkylation sites (N-methyl/N-ethyl adjacent to an activating group) is 1.